The normalized spacial score (nSPS) is 16.8. The predicted octanol–water partition coefficient (Wildman–Crippen LogP) is 7.57. The molecule has 1 aliphatic rings. The Balaban J connectivity index is 1.79. The minimum atomic E-state index is -0.713. The van der Waals surface area contributed by atoms with Crippen LogP contribution < -0.4 is 9.83 Å². The third-order valence-electron chi connectivity index (χ3n) is 5.80. The molecule has 1 unspecified atom stereocenters. The van der Waals surface area contributed by atoms with Crippen molar-refractivity contribution in [1.29, 1.82) is 0 Å². The molecule has 0 amide bonds. The lowest BCUT2D eigenvalue weighted by molar-refractivity contribution is 0.482. The molecule has 1 nitrogen and oxygen atoms in total. The Morgan fingerprint density at radius 3 is 2.25 bits per heavy atom. The molecule has 0 N–H and O–H groups in total. The third kappa shape index (κ3) is 4.11. The van der Waals surface area contributed by atoms with Gasteiger partial charge in [0, 0.05) is 11.0 Å². The van der Waals surface area contributed by atoms with Crippen LogP contribution in [0.4, 0.5) is 0 Å². The van der Waals surface area contributed by atoms with Crippen molar-refractivity contribution >= 4 is 24.2 Å². The lowest BCUT2D eigenvalue weighted by atomic mass is 9.86. The number of hydrogen-bond acceptors (Lipinski definition) is 1. The zero-order valence-corrected chi connectivity index (χ0v) is 18.2. The van der Waals surface area contributed by atoms with Crippen LogP contribution in [0.1, 0.15) is 58.4 Å². The van der Waals surface area contributed by atoms with Crippen LogP contribution in [-0.4, -0.2) is 5.66 Å². The number of para-hydroxylation sites is 1. The summed E-state index contributed by atoms with van der Waals surface area (Å²) in [5.74, 6) is 1.07. The number of rotatable bonds is 4. The molecule has 0 heterocycles. The lowest BCUT2D eigenvalue weighted by Gasteiger charge is -2.33. The molecule has 0 aliphatic heterocycles. The third-order valence-corrected chi connectivity index (χ3v) is 8.24. The Morgan fingerprint density at radius 1 is 0.786 bits per heavy atom. The van der Waals surface area contributed by atoms with E-state index in [-0.39, 0.29) is 5.41 Å². The fourth-order valence-electron chi connectivity index (χ4n) is 4.31. The van der Waals surface area contributed by atoms with E-state index in [1.807, 2.05) is 0 Å². The second kappa shape index (κ2) is 8.26. The number of hydrogen-bond donors (Lipinski definition) is 0. The summed E-state index contributed by atoms with van der Waals surface area (Å²) in [7, 11) is -0.713. The van der Waals surface area contributed by atoms with Gasteiger partial charge in [0.25, 0.3) is 0 Å². The standard InChI is InChI=1S/C26H31OP/c1-26(2,3)23-17-9-10-18-24(23)27-28(21-14-5-4-6-15-21)25-19-11-13-20-12-7-8-16-22(20)25/h7-13,16-19,21H,4-6,14-15H2,1-3H3. The summed E-state index contributed by atoms with van der Waals surface area (Å²) in [5, 5.41) is 4.08. The van der Waals surface area contributed by atoms with E-state index >= 15 is 0 Å². The van der Waals surface area contributed by atoms with Gasteiger partial charge in [-0.3, -0.25) is 0 Å². The van der Waals surface area contributed by atoms with E-state index in [0.29, 0.717) is 5.66 Å². The highest BCUT2D eigenvalue weighted by atomic mass is 31.1. The van der Waals surface area contributed by atoms with Gasteiger partial charge in [-0.15, -0.1) is 0 Å². The van der Waals surface area contributed by atoms with Gasteiger partial charge in [0.2, 0.25) is 0 Å². The van der Waals surface area contributed by atoms with Gasteiger partial charge in [-0.2, -0.15) is 0 Å². The van der Waals surface area contributed by atoms with E-state index in [2.05, 4.69) is 87.5 Å². The monoisotopic (exact) mass is 390 g/mol. The molecule has 4 rings (SSSR count). The largest absolute Gasteiger partial charge is 0.469 e. The van der Waals surface area contributed by atoms with Crippen LogP contribution in [-0.2, 0) is 5.41 Å². The smallest absolute Gasteiger partial charge is 0.127 e. The summed E-state index contributed by atoms with van der Waals surface area (Å²) in [6, 6.07) is 24.1. The van der Waals surface area contributed by atoms with Crippen LogP contribution in [0.25, 0.3) is 10.8 Å². The van der Waals surface area contributed by atoms with Crippen LogP contribution >= 0.6 is 8.15 Å². The molecule has 1 saturated carbocycles. The molecule has 1 atom stereocenters. The first-order chi connectivity index (χ1) is 13.5. The summed E-state index contributed by atoms with van der Waals surface area (Å²) >= 11 is 0. The van der Waals surface area contributed by atoms with Crippen LogP contribution in [0.3, 0.4) is 0 Å². The van der Waals surface area contributed by atoms with Crippen molar-refractivity contribution in [3.05, 3.63) is 72.3 Å². The second-order valence-corrected chi connectivity index (χ2v) is 11.0. The molecule has 0 bridgehead atoms. The van der Waals surface area contributed by atoms with Gasteiger partial charge in [-0.05, 0) is 40.7 Å². The maximum absolute atomic E-state index is 6.97. The first-order valence-corrected chi connectivity index (χ1v) is 11.9. The van der Waals surface area contributed by atoms with Crippen LogP contribution in [0.15, 0.2) is 66.7 Å². The van der Waals surface area contributed by atoms with Gasteiger partial charge in [-0.25, -0.2) is 0 Å². The van der Waals surface area contributed by atoms with Crippen LogP contribution in [0.2, 0.25) is 0 Å². The van der Waals surface area contributed by atoms with Gasteiger partial charge >= 0.3 is 0 Å². The SMILES string of the molecule is CC(C)(C)c1ccccc1OP(c1cccc2ccccc12)C1CCCCC1. The van der Waals surface area contributed by atoms with Crippen molar-refractivity contribution < 1.29 is 4.52 Å². The van der Waals surface area contributed by atoms with Crippen molar-refractivity contribution in [2.75, 3.05) is 0 Å². The molecule has 1 aliphatic carbocycles. The van der Waals surface area contributed by atoms with Crippen molar-refractivity contribution in [3.63, 3.8) is 0 Å². The quantitative estimate of drug-likeness (QED) is 0.417. The highest BCUT2D eigenvalue weighted by molar-refractivity contribution is 7.62. The zero-order chi connectivity index (χ0) is 19.6. The van der Waals surface area contributed by atoms with Gasteiger partial charge in [-0.1, -0.05) is 101 Å². The number of benzene rings is 3. The molecule has 28 heavy (non-hydrogen) atoms. The highest BCUT2D eigenvalue weighted by Gasteiger charge is 2.30. The summed E-state index contributed by atoms with van der Waals surface area (Å²) in [5.41, 5.74) is 2.02. The first kappa shape index (κ1) is 19.5. The second-order valence-electron chi connectivity index (χ2n) is 8.95. The minimum absolute atomic E-state index is 0.0723. The molecule has 0 aromatic heterocycles. The van der Waals surface area contributed by atoms with Crippen molar-refractivity contribution in [2.24, 2.45) is 0 Å². The van der Waals surface area contributed by atoms with Crippen molar-refractivity contribution in [1.82, 2.24) is 0 Å². The maximum Gasteiger partial charge on any atom is 0.127 e. The van der Waals surface area contributed by atoms with E-state index in [9.17, 15) is 0 Å². The minimum Gasteiger partial charge on any atom is -0.469 e. The Morgan fingerprint density at radius 2 is 1.46 bits per heavy atom. The number of fused-ring (bicyclic) bond motifs is 1. The fraction of sp³-hybridized carbons (Fsp3) is 0.385. The Kier molecular flexibility index (Phi) is 5.74. The summed E-state index contributed by atoms with van der Waals surface area (Å²) < 4.78 is 6.97. The average Bonchev–Trinajstić information content (AvgIpc) is 2.72. The first-order valence-electron chi connectivity index (χ1n) is 10.6. The zero-order valence-electron chi connectivity index (χ0n) is 17.3. The highest BCUT2D eigenvalue weighted by Crippen LogP contribution is 2.50. The van der Waals surface area contributed by atoms with Gasteiger partial charge in [0.15, 0.2) is 0 Å². The molecule has 2 heteroatoms. The molecule has 3 aromatic rings. The summed E-state index contributed by atoms with van der Waals surface area (Å²) in [6.07, 6.45) is 6.60. The predicted molar refractivity (Wildman–Crippen MR) is 123 cm³/mol. The Labute approximate surface area is 171 Å². The molecule has 0 saturated heterocycles. The maximum atomic E-state index is 6.97. The molecule has 0 radical (unpaired) electrons. The lowest BCUT2D eigenvalue weighted by Crippen LogP contribution is -2.22. The molecule has 146 valence electrons. The molecule has 0 spiro atoms. The van der Waals surface area contributed by atoms with E-state index in [0.717, 1.165) is 5.75 Å². The fourth-order valence-corrected chi connectivity index (χ4v) is 6.83. The summed E-state index contributed by atoms with van der Waals surface area (Å²) in [6.45, 7) is 6.82. The van der Waals surface area contributed by atoms with Gasteiger partial charge < -0.3 is 4.52 Å². The van der Waals surface area contributed by atoms with Gasteiger partial charge in [0.1, 0.15) is 13.9 Å². The topological polar surface area (TPSA) is 9.23 Å². The van der Waals surface area contributed by atoms with E-state index in [1.54, 1.807) is 0 Å². The van der Waals surface area contributed by atoms with E-state index in [1.165, 1.54) is 53.7 Å². The Bertz CT molecular complexity index is 929. The van der Waals surface area contributed by atoms with E-state index < -0.39 is 8.15 Å². The Hall–Kier alpha value is -1.85. The van der Waals surface area contributed by atoms with Crippen molar-refractivity contribution in [3.8, 4) is 5.75 Å². The molecule has 1 fully saturated rings. The summed E-state index contributed by atoms with van der Waals surface area (Å²) in [4.78, 5) is 0. The molecular formula is C26H31OP. The van der Waals surface area contributed by atoms with Crippen molar-refractivity contribution in [2.45, 2.75) is 63.9 Å². The van der Waals surface area contributed by atoms with Crippen LogP contribution in [0, 0.1) is 0 Å². The molecular weight excluding hydrogens is 359 g/mol. The van der Waals surface area contributed by atoms with E-state index in [4.69, 9.17) is 4.52 Å². The van der Waals surface area contributed by atoms with Crippen LogP contribution in [0.5, 0.6) is 5.75 Å². The van der Waals surface area contributed by atoms with Gasteiger partial charge in [0.05, 0.1) is 0 Å². The average molecular weight is 391 g/mol. The molecule has 3 aromatic carbocycles.